The molecule has 1 atom stereocenters. The zero-order valence-electron chi connectivity index (χ0n) is 15.7. The molecule has 0 saturated carbocycles. The quantitative estimate of drug-likeness (QED) is 0.671. The second-order valence-corrected chi connectivity index (χ2v) is 6.68. The molecule has 0 fully saturated rings. The third-order valence-corrected chi connectivity index (χ3v) is 4.50. The monoisotopic (exact) mass is 404 g/mol. The summed E-state index contributed by atoms with van der Waals surface area (Å²) in [6.07, 6.45) is 7.59. The summed E-state index contributed by atoms with van der Waals surface area (Å²) in [5.74, 6) is 0.564. The van der Waals surface area contributed by atoms with E-state index in [0.717, 1.165) is 54.5 Å². The molecule has 0 radical (unpaired) electrons. The molecule has 0 unspecified atom stereocenters. The number of hydrogen-bond donors (Lipinski definition) is 2. The summed E-state index contributed by atoms with van der Waals surface area (Å²) < 4.78 is 15.0. The van der Waals surface area contributed by atoms with Gasteiger partial charge in [-0.25, -0.2) is 29.3 Å². The highest BCUT2D eigenvalue weighted by atomic mass is 35.5. The van der Waals surface area contributed by atoms with Crippen molar-refractivity contribution < 1.29 is 4.39 Å². The number of halogens is 2. The van der Waals surface area contributed by atoms with Crippen LogP contribution in [0.4, 0.5) is 10.3 Å². The number of aryl methyl sites for hydroxylation is 1. The molecule has 148 valence electrons. The fraction of sp³-hybridized carbons (Fsp3) is 0.389. The largest absolute Gasteiger partial charge is 0.344 e. The molecule has 28 heavy (non-hydrogen) atoms. The minimum absolute atomic E-state index is 0. The van der Waals surface area contributed by atoms with Crippen LogP contribution in [0.1, 0.15) is 41.4 Å². The Bertz CT molecular complexity index is 943. The average molecular weight is 405 g/mol. The third kappa shape index (κ3) is 4.42. The van der Waals surface area contributed by atoms with E-state index in [4.69, 9.17) is 4.98 Å². The van der Waals surface area contributed by atoms with Gasteiger partial charge in [0.15, 0.2) is 5.82 Å². The van der Waals surface area contributed by atoms with Crippen LogP contribution in [0.15, 0.2) is 24.9 Å². The van der Waals surface area contributed by atoms with E-state index in [-0.39, 0.29) is 18.4 Å². The molecular formula is C18H22ClFN8. The molecule has 0 aliphatic carbocycles. The SMILES string of the molecule is C[C@H](Nc1nc2c(c(Cc3cn(C)cn3)n1)CNCC2)c1ncc(F)cn1.Cl. The minimum atomic E-state index is -0.457. The first kappa shape index (κ1) is 20.1. The van der Waals surface area contributed by atoms with Crippen molar-refractivity contribution >= 4 is 18.4 Å². The van der Waals surface area contributed by atoms with Crippen molar-refractivity contribution in [2.75, 3.05) is 11.9 Å². The Balaban J connectivity index is 0.00000225. The first-order valence-corrected chi connectivity index (χ1v) is 8.88. The molecule has 8 nitrogen and oxygen atoms in total. The van der Waals surface area contributed by atoms with Crippen LogP contribution in [0.25, 0.3) is 0 Å². The fourth-order valence-electron chi connectivity index (χ4n) is 3.16. The molecule has 0 bridgehead atoms. The highest BCUT2D eigenvalue weighted by Gasteiger charge is 2.20. The van der Waals surface area contributed by atoms with E-state index in [0.29, 0.717) is 18.2 Å². The number of rotatable bonds is 5. The van der Waals surface area contributed by atoms with Crippen LogP contribution in [-0.4, -0.2) is 36.0 Å². The molecule has 2 N–H and O–H groups in total. The van der Waals surface area contributed by atoms with Crippen molar-refractivity contribution in [1.82, 2.24) is 34.8 Å². The number of nitrogens with zero attached hydrogens (tertiary/aromatic N) is 6. The topological polar surface area (TPSA) is 93.4 Å². The Morgan fingerprint density at radius 3 is 2.75 bits per heavy atom. The number of hydrogen-bond acceptors (Lipinski definition) is 7. The van der Waals surface area contributed by atoms with Gasteiger partial charge in [-0.15, -0.1) is 12.4 Å². The van der Waals surface area contributed by atoms with Gasteiger partial charge in [0.1, 0.15) is 5.82 Å². The first-order chi connectivity index (χ1) is 13.1. The Morgan fingerprint density at radius 2 is 2.04 bits per heavy atom. The Kier molecular flexibility index (Phi) is 6.15. The molecule has 4 rings (SSSR count). The standard InChI is InChI=1S/C18H21FN8.ClH/c1-11(17-21-6-12(19)7-22-17)24-18-25-15-3-4-20-8-14(15)16(26-18)5-13-9-27(2)10-23-13;/h6-7,9-11,20H,3-5,8H2,1-2H3,(H,24,25,26);1H/t11-;/m0./s1. The van der Waals surface area contributed by atoms with Crippen LogP contribution >= 0.6 is 12.4 Å². The summed E-state index contributed by atoms with van der Waals surface area (Å²) in [6.45, 7) is 3.55. The maximum Gasteiger partial charge on any atom is 0.223 e. The van der Waals surface area contributed by atoms with Crippen molar-refractivity contribution in [1.29, 1.82) is 0 Å². The zero-order chi connectivity index (χ0) is 18.8. The lowest BCUT2D eigenvalue weighted by Crippen LogP contribution is -2.27. The van der Waals surface area contributed by atoms with Crippen LogP contribution in [0.5, 0.6) is 0 Å². The lowest BCUT2D eigenvalue weighted by Gasteiger charge is -2.21. The number of anilines is 1. The van der Waals surface area contributed by atoms with Crippen molar-refractivity contribution in [2.45, 2.75) is 32.4 Å². The third-order valence-electron chi connectivity index (χ3n) is 4.50. The van der Waals surface area contributed by atoms with Crippen molar-refractivity contribution in [2.24, 2.45) is 7.05 Å². The molecule has 1 aliphatic rings. The second-order valence-electron chi connectivity index (χ2n) is 6.68. The minimum Gasteiger partial charge on any atom is -0.344 e. The maximum absolute atomic E-state index is 13.0. The second kappa shape index (κ2) is 8.57. The normalized spacial score (nSPS) is 14.1. The number of fused-ring (bicyclic) bond motifs is 1. The molecule has 1 aliphatic heterocycles. The van der Waals surface area contributed by atoms with Crippen LogP contribution < -0.4 is 10.6 Å². The molecule has 0 spiro atoms. The van der Waals surface area contributed by atoms with Gasteiger partial charge in [0.05, 0.1) is 41.8 Å². The molecule has 0 amide bonds. The molecular weight excluding hydrogens is 383 g/mol. The van der Waals surface area contributed by atoms with Gasteiger partial charge in [0.2, 0.25) is 5.95 Å². The van der Waals surface area contributed by atoms with E-state index in [1.54, 1.807) is 6.33 Å². The highest BCUT2D eigenvalue weighted by Crippen LogP contribution is 2.22. The predicted octanol–water partition coefficient (Wildman–Crippen LogP) is 1.97. The van der Waals surface area contributed by atoms with Crippen molar-refractivity contribution in [3.05, 3.63) is 59.2 Å². The van der Waals surface area contributed by atoms with Gasteiger partial charge in [-0.2, -0.15) is 0 Å². The van der Waals surface area contributed by atoms with Crippen molar-refractivity contribution in [3.8, 4) is 0 Å². The van der Waals surface area contributed by atoms with Gasteiger partial charge in [-0.05, 0) is 6.92 Å². The molecule has 3 aromatic rings. The van der Waals surface area contributed by atoms with Crippen LogP contribution in [0.3, 0.4) is 0 Å². The predicted molar refractivity (Wildman–Crippen MR) is 105 cm³/mol. The Labute approximate surface area is 168 Å². The van der Waals surface area contributed by atoms with E-state index in [1.807, 2.05) is 24.7 Å². The molecule has 0 aromatic carbocycles. The van der Waals surface area contributed by atoms with Gasteiger partial charge >= 0.3 is 0 Å². The van der Waals surface area contributed by atoms with Gasteiger partial charge in [0, 0.05) is 44.7 Å². The number of imidazole rings is 1. The summed E-state index contributed by atoms with van der Waals surface area (Å²) in [5.41, 5.74) is 4.11. The average Bonchev–Trinajstić information content (AvgIpc) is 3.07. The smallest absolute Gasteiger partial charge is 0.223 e. The van der Waals surface area contributed by atoms with Crippen LogP contribution in [0, 0.1) is 5.82 Å². The summed E-state index contributed by atoms with van der Waals surface area (Å²) in [4.78, 5) is 21.9. The molecule has 10 heteroatoms. The van der Waals surface area contributed by atoms with E-state index >= 15 is 0 Å². The van der Waals surface area contributed by atoms with E-state index in [2.05, 4.69) is 30.6 Å². The molecule has 0 saturated heterocycles. The first-order valence-electron chi connectivity index (χ1n) is 8.88. The van der Waals surface area contributed by atoms with Crippen LogP contribution in [0.2, 0.25) is 0 Å². The summed E-state index contributed by atoms with van der Waals surface area (Å²) in [6, 6.07) is -0.243. The maximum atomic E-state index is 13.0. The number of nitrogens with one attached hydrogen (secondary N) is 2. The molecule has 3 aromatic heterocycles. The van der Waals surface area contributed by atoms with E-state index in [9.17, 15) is 4.39 Å². The summed E-state index contributed by atoms with van der Waals surface area (Å²) in [5, 5.41) is 6.63. The lowest BCUT2D eigenvalue weighted by molar-refractivity contribution is 0.603. The van der Waals surface area contributed by atoms with Crippen LogP contribution in [-0.2, 0) is 26.4 Å². The lowest BCUT2D eigenvalue weighted by atomic mass is 10.0. The number of aromatic nitrogens is 6. The summed E-state index contributed by atoms with van der Waals surface area (Å²) >= 11 is 0. The van der Waals surface area contributed by atoms with Gasteiger partial charge in [-0.3, -0.25) is 0 Å². The highest BCUT2D eigenvalue weighted by molar-refractivity contribution is 5.85. The zero-order valence-corrected chi connectivity index (χ0v) is 16.5. The summed E-state index contributed by atoms with van der Waals surface area (Å²) in [7, 11) is 1.95. The Morgan fingerprint density at radius 1 is 1.25 bits per heavy atom. The fourth-order valence-corrected chi connectivity index (χ4v) is 3.16. The van der Waals surface area contributed by atoms with E-state index < -0.39 is 5.82 Å². The van der Waals surface area contributed by atoms with Crippen molar-refractivity contribution in [3.63, 3.8) is 0 Å². The van der Waals surface area contributed by atoms with Gasteiger partial charge < -0.3 is 15.2 Å². The van der Waals surface area contributed by atoms with Gasteiger partial charge in [-0.1, -0.05) is 0 Å². The van der Waals surface area contributed by atoms with E-state index in [1.165, 1.54) is 0 Å². The van der Waals surface area contributed by atoms with Gasteiger partial charge in [0.25, 0.3) is 0 Å². The Hall–Kier alpha value is -2.65. The molecule has 4 heterocycles.